The van der Waals surface area contributed by atoms with Crippen LogP contribution in [0.2, 0.25) is 0 Å². The maximum atomic E-state index is 12.3. The average Bonchev–Trinajstić information content (AvgIpc) is 2.71. The molecule has 5 heteroatoms. The highest BCUT2D eigenvalue weighted by Gasteiger charge is 2.24. The Morgan fingerprint density at radius 3 is 2.84 bits per heavy atom. The minimum absolute atomic E-state index is 0.0670. The summed E-state index contributed by atoms with van der Waals surface area (Å²) < 4.78 is 1.89. The molecule has 1 saturated heterocycles. The van der Waals surface area contributed by atoms with Gasteiger partial charge in [0.25, 0.3) is 0 Å². The van der Waals surface area contributed by atoms with Gasteiger partial charge in [0.1, 0.15) is 5.82 Å². The summed E-state index contributed by atoms with van der Waals surface area (Å²) in [7, 11) is 0. The Balaban J connectivity index is 2.12. The molecule has 2 N–H and O–H groups in total. The van der Waals surface area contributed by atoms with Crippen molar-refractivity contribution >= 4 is 11.7 Å². The lowest BCUT2D eigenvalue weighted by atomic mass is 9.99. The highest BCUT2D eigenvalue weighted by molar-refractivity contribution is 5.92. The van der Waals surface area contributed by atoms with Gasteiger partial charge in [0.2, 0.25) is 5.91 Å². The minimum atomic E-state index is -0.137. The zero-order valence-corrected chi connectivity index (χ0v) is 12.3. The number of amides is 1. The molecule has 0 aliphatic carbocycles. The van der Waals surface area contributed by atoms with Gasteiger partial charge in [-0.05, 0) is 47.1 Å². The largest absolute Gasteiger partial charge is 0.316 e. The molecule has 1 aromatic rings. The van der Waals surface area contributed by atoms with Crippen LogP contribution in [-0.2, 0) is 10.3 Å². The predicted octanol–water partition coefficient (Wildman–Crippen LogP) is 1.88. The average molecular weight is 264 g/mol. The fourth-order valence-corrected chi connectivity index (χ4v) is 2.40. The second kappa shape index (κ2) is 5.33. The van der Waals surface area contributed by atoms with Crippen LogP contribution in [0.4, 0.5) is 5.82 Å². The molecule has 0 spiro atoms. The zero-order valence-electron chi connectivity index (χ0n) is 12.3. The smallest absolute Gasteiger partial charge is 0.229 e. The lowest BCUT2D eigenvalue weighted by Crippen LogP contribution is -2.38. The monoisotopic (exact) mass is 264 g/mol. The Labute approximate surface area is 114 Å². The first-order valence-corrected chi connectivity index (χ1v) is 6.96. The molecule has 2 rings (SSSR count). The van der Waals surface area contributed by atoms with E-state index < -0.39 is 0 Å². The van der Waals surface area contributed by atoms with Gasteiger partial charge in [-0.15, -0.1) is 0 Å². The van der Waals surface area contributed by atoms with Crippen LogP contribution in [0.1, 0.15) is 39.3 Å². The number of anilines is 1. The van der Waals surface area contributed by atoms with Crippen LogP contribution in [0.3, 0.4) is 0 Å². The van der Waals surface area contributed by atoms with Crippen molar-refractivity contribution in [2.24, 2.45) is 5.92 Å². The fraction of sp³-hybridized carbons (Fsp3) is 0.714. The molecule has 0 radical (unpaired) electrons. The van der Waals surface area contributed by atoms with Gasteiger partial charge < -0.3 is 10.6 Å². The molecule has 1 aliphatic rings. The van der Waals surface area contributed by atoms with E-state index in [1.165, 1.54) is 0 Å². The number of carbonyl (C=O) groups excluding carboxylic acids is 1. The van der Waals surface area contributed by atoms with Crippen LogP contribution < -0.4 is 10.6 Å². The van der Waals surface area contributed by atoms with Crippen molar-refractivity contribution < 1.29 is 4.79 Å². The highest BCUT2D eigenvalue weighted by atomic mass is 16.2. The Kier molecular flexibility index (Phi) is 3.94. The second-order valence-corrected chi connectivity index (χ2v) is 6.29. The van der Waals surface area contributed by atoms with Crippen molar-refractivity contribution in [2.45, 2.75) is 46.1 Å². The first kappa shape index (κ1) is 14.1. The molecule has 106 valence electrons. The van der Waals surface area contributed by atoms with E-state index in [0.717, 1.165) is 37.4 Å². The van der Waals surface area contributed by atoms with E-state index in [2.05, 4.69) is 36.5 Å². The van der Waals surface area contributed by atoms with Crippen molar-refractivity contribution in [3.63, 3.8) is 0 Å². The summed E-state index contributed by atoms with van der Waals surface area (Å²) in [6.07, 6.45) is 2.02. The molecule has 1 amide bonds. The summed E-state index contributed by atoms with van der Waals surface area (Å²) in [5, 5.41) is 10.8. The molecule has 0 aromatic carbocycles. The van der Waals surface area contributed by atoms with Gasteiger partial charge in [0.15, 0.2) is 0 Å². The normalized spacial score (nSPS) is 20.3. The van der Waals surface area contributed by atoms with Gasteiger partial charge >= 0.3 is 0 Å². The summed E-state index contributed by atoms with van der Waals surface area (Å²) in [6.45, 7) is 9.98. The molecule has 1 aromatic heterocycles. The SMILES string of the molecule is Cc1cc(NC(=O)C2CCCNC2)n(C(C)(C)C)n1. The topological polar surface area (TPSA) is 59.0 Å². The van der Waals surface area contributed by atoms with E-state index >= 15 is 0 Å². The van der Waals surface area contributed by atoms with E-state index in [1.54, 1.807) is 0 Å². The number of rotatable bonds is 2. The lowest BCUT2D eigenvalue weighted by molar-refractivity contribution is -0.120. The van der Waals surface area contributed by atoms with Crippen LogP contribution >= 0.6 is 0 Å². The Bertz CT molecular complexity index is 453. The van der Waals surface area contributed by atoms with Crippen LogP contribution in [0.15, 0.2) is 6.07 Å². The Morgan fingerprint density at radius 1 is 1.53 bits per heavy atom. The first-order chi connectivity index (χ1) is 8.88. The Morgan fingerprint density at radius 2 is 2.26 bits per heavy atom. The summed E-state index contributed by atoms with van der Waals surface area (Å²) in [5.41, 5.74) is 0.786. The van der Waals surface area contributed by atoms with Crippen LogP contribution in [-0.4, -0.2) is 28.8 Å². The molecule has 1 unspecified atom stereocenters. The van der Waals surface area contributed by atoms with Gasteiger partial charge in [-0.2, -0.15) is 5.10 Å². The third-order valence-electron chi connectivity index (χ3n) is 3.39. The maximum absolute atomic E-state index is 12.3. The number of hydrogen-bond donors (Lipinski definition) is 2. The quantitative estimate of drug-likeness (QED) is 0.857. The van der Waals surface area contributed by atoms with Gasteiger partial charge in [-0.1, -0.05) is 0 Å². The van der Waals surface area contributed by atoms with E-state index in [-0.39, 0.29) is 17.4 Å². The fourth-order valence-electron chi connectivity index (χ4n) is 2.40. The Hall–Kier alpha value is -1.36. The molecule has 1 aliphatic heterocycles. The molecule has 19 heavy (non-hydrogen) atoms. The first-order valence-electron chi connectivity index (χ1n) is 6.96. The molecule has 2 heterocycles. The van der Waals surface area contributed by atoms with E-state index in [4.69, 9.17) is 0 Å². The number of piperidine rings is 1. The standard InChI is InChI=1S/C14H24N4O/c1-10-8-12(18(17-10)14(2,3)4)16-13(19)11-6-5-7-15-9-11/h8,11,15H,5-7,9H2,1-4H3,(H,16,19). The lowest BCUT2D eigenvalue weighted by Gasteiger charge is -2.25. The summed E-state index contributed by atoms with van der Waals surface area (Å²) in [4.78, 5) is 12.3. The van der Waals surface area contributed by atoms with Crippen molar-refractivity contribution in [1.82, 2.24) is 15.1 Å². The zero-order chi connectivity index (χ0) is 14.0. The number of nitrogens with one attached hydrogen (secondary N) is 2. The number of aromatic nitrogens is 2. The van der Waals surface area contributed by atoms with Gasteiger partial charge in [0, 0.05) is 12.6 Å². The van der Waals surface area contributed by atoms with Gasteiger partial charge in [0.05, 0.1) is 17.2 Å². The molecule has 5 nitrogen and oxygen atoms in total. The number of nitrogens with zero attached hydrogens (tertiary/aromatic N) is 2. The third-order valence-corrected chi connectivity index (χ3v) is 3.39. The van der Waals surface area contributed by atoms with Gasteiger partial charge in [-0.25, -0.2) is 4.68 Å². The molecule has 1 fully saturated rings. The van der Waals surface area contributed by atoms with E-state index in [9.17, 15) is 4.79 Å². The van der Waals surface area contributed by atoms with Crippen molar-refractivity contribution in [2.75, 3.05) is 18.4 Å². The molecular formula is C14H24N4O. The van der Waals surface area contributed by atoms with Crippen molar-refractivity contribution in [3.05, 3.63) is 11.8 Å². The number of hydrogen-bond acceptors (Lipinski definition) is 3. The third kappa shape index (κ3) is 3.35. The molecule has 0 saturated carbocycles. The molecule has 1 atom stereocenters. The van der Waals surface area contributed by atoms with Crippen molar-refractivity contribution in [3.8, 4) is 0 Å². The van der Waals surface area contributed by atoms with Crippen LogP contribution in [0, 0.1) is 12.8 Å². The summed E-state index contributed by atoms with van der Waals surface area (Å²) in [5.74, 6) is 0.954. The second-order valence-electron chi connectivity index (χ2n) is 6.29. The summed E-state index contributed by atoms with van der Waals surface area (Å²) in [6, 6.07) is 1.93. The highest BCUT2D eigenvalue weighted by Crippen LogP contribution is 2.22. The van der Waals surface area contributed by atoms with E-state index in [0.29, 0.717) is 0 Å². The molecular weight excluding hydrogens is 240 g/mol. The number of aryl methyl sites for hydroxylation is 1. The van der Waals surface area contributed by atoms with Crippen LogP contribution in [0.5, 0.6) is 0 Å². The molecule has 0 bridgehead atoms. The van der Waals surface area contributed by atoms with Gasteiger partial charge in [-0.3, -0.25) is 4.79 Å². The predicted molar refractivity (Wildman–Crippen MR) is 76.2 cm³/mol. The van der Waals surface area contributed by atoms with Crippen molar-refractivity contribution in [1.29, 1.82) is 0 Å². The van der Waals surface area contributed by atoms with E-state index in [1.807, 2.05) is 17.7 Å². The maximum Gasteiger partial charge on any atom is 0.229 e. The van der Waals surface area contributed by atoms with Crippen LogP contribution in [0.25, 0.3) is 0 Å². The minimum Gasteiger partial charge on any atom is -0.316 e. The summed E-state index contributed by atoms with van der Waals surface area (Å²) >= 11 is 0. The number of carbonyl (C=O) groups is 1.